The standard InChI is InChI=1S/C27H29FN4O3/c1-34-22-10-19-3-2-18(12-24(19)30-14-22)20-11-23(28)25(29-13-20)15-31-8-6-27(7-9-31)17-32(21-4-5-21)26(33)16-35-27/h2-3,10-14,21H,4-9,15-17H2,1H3. The number of amides is 1. The molecular weight excluding hydrogens is 447 g/mol. The van der Waals surface area contributed by atoms with E-state index in [-0.39, 0.29) is 23.9 Å². The summed E-state index contributed by atoms with van der Waals surface area (Å²) in [5.41, 5.74) is 2.62. The number of nitrogens with zero attached hydrogens (tertiary/aromatic N) is 4. The van der Waals surface area contributed by atoms with Crippen molar-refractivity contribution in [2.24, 2.45) is 0 Å². The molecule has 0 atom stereocenters. The monoisotopic (exact) mass is 476 g/mol. The molecule has 182 valence electrons. The van der Waals surface area contributed by atoms with E-state index in [1.807, 2.05) is 29.2 Å². The quantitative estimate of drug-likeness (QED) is 0.558. The number of carbonyl (C=O) groups excluding carboxylic acids is 1. The van der Waals surface area contributed by atoms with Crippen LogP contribution in [0.1, 0.15) is 31.4 Å². The summed E-state index contributed by atoms with van der Waals surface area (Å²) in [5.74, 6) is 0.522. The van der Waals surface area contributed by atoms with E-state index in [1.165, 1.54) is 0 Å². The smallest absolute Gasteiger partial charge is 0.248 e. The van der Waals surface area contributed by atoms with Crippen LogP contribution in [-0.2, 0) is 16.1 Å². The highest BCUT2D eigenvalue weighted by molar-refractivity contribution is 5.85. The summed E-state index contributed by atoms with van der Waals surface area (Å²) in [4.78, 5) is 25.4. The largest absolute Gasteiger partial charge is 0.495 e. The minimum absolute atomic E-state index is 0.119. The molecule has 0 unspecified atom stereocenters. The number of pyridine rings is 2. The van der Waals surface area contributed by atoms with Crippen LogP contribution in [0, 0.1) is 5.82 Å². The lowest BCUT2D eigenvalue weighted by Gasteiger charge is -2.47. The first-order valence-electron chi connectivity index (χ1n) is 12.3. The summed E-state index contributed by atoms with van der Waals surface area (Å²) in [5, 5.41) is 0.965. The van der Waals surface area contributed by atoms with E-state index in [2.05, 4.69) is 14.9 Å². The van der Waals surface area contributed by atoms with Gasteiger partial charge in [-0.1, -0.05) is 12.1 Å². The van der Waals surface area contributed by atoms with Crippen LogP contribution in [0.15, 0.2) is 42.7 Å². The van der Waals surface area contributed by atoms with Crippen molar-refractivity contribution < 1.29 is 18.7 Å². The third kappa shape index (κ3) is 4.48. The zero-order chi connectivity index (χ0) is 24.0. The zero-order valence-electron chi connectivity index (χ0n) is 19.9. The fraction of sp³-hybridized carbons (Fsp3) is 0.444. The van der Waals surface area contributed by atoms with Crippen LogP contribution in [0.4, 0.5) is 4.39 Å². The first kappa shape index (κ1) is 22.4. The van der Waals surface area contributed by atoms with Gasteiger partial charge >= 0.3 is 0 Å². The molecule has 1 aromatic carbocycles. The molecule has 3 fully saturated rings. The van der Waals surface area contributed by atoms with Gasteiger partial charge in [-0.25, -0.2) is 4.39 Å². The van der Waals surface area contributed by atoms with Gasteiger partial charge in [0.1, 0.15) is 18.2 Å². The predicted octanol–water partition coefficient (Wildman–Crippen LogP) is 3.80. The molecule has 35 heavy (non-hydrogen) atoms. The Labute approximate surface area is 203 Å². The first-order chi connectivity index (χ1) is 17.0. The number of halogens is 1. The molecule has 4 heterocycles. The molecule has 7 nitrogen and oxygen atoms in total. The van der Waals surface area contributed by atoms with Crippen LogP contribution in [-0.4, -0.2) is 70.7 Å². The third-order valence-electron chi connectivity index (χ3n) is 7.55. The second kappa shape index (κ2) is 8.84. The van der Waals surface area contributed by atoms with E-state index in [9.17, 15) is 4.79 Å². The number of hydrogen-bond acceptors (Lipinski definition) is 6. The van der Waals surface area contributed by atoms with Gasteiger partial charge in [0.05, 0.1) is 36.7 Å². The van der Waals surface area contributed by atoms with E-state index in [0.717, 1.165) is 60.8 Å². The van der Waals surface area contributed by atoms with E-state index in [1.54, 1.807) is 25.6 Å². The Morgan fingerprint density at radius 2 is 1.94 bits per heavy atom. The van der Waals surface area contributed by atoms with Crippen molar-refractivity contribution in [2.45, 2.75) is 43.9 Å². The van der Waals surface area contributed by atoms with Crippen molar-refractivity contribution in [3.05, 3.63) is 54.2 Å². The highest BCUT2D eigenvalue weighted by atomic mass is 19.1. The molecule has 0 bridgehead atoms. The second-order valence-electron chi connectivity index (χ2n) is 9.94. The van der Waals surface area contributed by atoms with E-state index in [4.69, 9.17) is 9.47 Å². The molecule has 0 N–H and O–H groups in total. The lowest BCUT2D eigenvalue weighted by atomic mass is 9.89. The normalized spacial score (nSPS) is 20.5. The van der Waals surface area contributed by atoms with Crippen LogP contribution in [0.3, 0.4) is 0 Å². The van der Waals surface area contributed by atoms with E-state index in [0.29, 0.717) is 30.6 Å². The number of rotatable bonds is 5. The molecule has 8 heteroatoms. The molecule has 1 spiro atoms. The average Bonchev–Trinajstić information content (AvgIpc) is 3.73. The van der Waals surface area contributed by atoms with Gasteiger partial charge in [0, 0.05) is 42.8 Å². The van der Waals surface area contributed by atoms with Crippen molar-refractivity contribution >= 4 is 16.8 Å². The predicted molar refractivity (Wildman–Crippen MR) is 129 cm³/mol. The van der Waals surface area contributed by atoms with E-state index < -0.39 is 0 Å². The molecule has 6 rings (SSSR count). The Bertz CT molecular complexity index is 1270. The van der Waals surface area contributed by atoms with Crippen LogP contribution in [0.5, 0.6) is 5.75 Å². The molecule has 2 aliphatic heterocycles. The van der Waals surface area contributed by atoms with Crippen molar-refractivity contribution in [2.75, 3.05) is 33.4 Å². The minimum Gasteiger partial charge on any atom is -0.495 e. The third-order valence-corrected chi connectivity index (χ3v) is 7.55. The first-order valence-corrected chi connectivity index (χ1v) is 12.3. The van der Waals surface area contributed by atoms with Crippen molar-refractivity contribution in [3.63, 3.8) is 0 Å². The van der Waals surface area contributed by atoms with Gasteiger partial charge in [-0.05, 0) is 49.4 Å². The Hall–Kier alpha value is -3.10. The number of fused-ring (bicyclic) bond motifs is 1. The average molecular weight is 477 g/mol. The topological polar surface area (TPSA) is 67.8 Å². The summed E-state index contributed by atoms with van der Waals surface area (Å²) in [6.07, 6.45) is 7.32. The molecular formula is C27H29FN4O3. The van der Waals surface area contributed by atoms with Crippen LogP contribution >= 0.6 is 0 Å². The fourth-order valence-electron chi connectivity index (χ4n) is 5.23. The molecule has 1 saturated carbocycles. The van der Waals surface area contributed by atoms with Gasteiger partial charge in [-0.3, -0.25) is 19.7 Å². The highest BCUT2D eigenvalue weighted by Crippen LogP contribution is 2.36. The summed E-state index contributed by atoms with van der Waals surface area (Å²) in [6, 6.07) is 9.75. The second-order valence-corrected chi connectivity index (χ2v) is 9.94. The Balaban J connectivity index is 1.11. The molecule has 2 aromatic heterocycles. The van der Waals surface area contributed by atoms with Crippen LogP contribution in [0.25, 0.3) is 22.0 Å². The van der Waals surface area contributed by atoms with E-state index >= 15 is 4.39 Å². The molecule has 3 aromatic rings. The summed E-state index contributed by atoms with van der Waals surface area (Å²) in [6.45, 7) is 2.95. The minimum atomic E-state index is -0.301. The number of methoxy groups -OCH3 is 1. The number of ether oxygens (including phenoxy) is 2. The molecule has 2 saturated heterocycles. The SMILES string of the molecule is COc1cnc2cc(-c3cnc(CN4CCC5(CC4)CN(C4CC4)C(=O)CO5)c(F)c3)ccc2c1. The van der Waals surface area contributed by atoms with Gasteiger partial charge in [0.25, 0.3) is 0 Å². The van der Waals surface area contributed by atoms with Crippen molar-refractivity contribution in [1.82, 2.24) is 19.8 Å². The number of hydrogen-bond donors (Lipinski definition) is 0. The van der Waals surface area contributed by atoms with Crippen LogP contribution in [0.2, 0.25) is 0 Å². The Kier molecular flexibility index (Phi) is 5.65. The molecule has 3 aliphatic rings. The highest BCUT2D eigenvalue weighted by Gasteiger charge is 2.46. The summed E-state index contributed by atoms with van der Waals surface area (Å²) >= 11 is 0. The van der Waals surface area contributed by atoms with Gasteiger partial charge in [0.2, 0.25) is 5.91 Å². The number of benzene rings is 1. The van der Waals surface area contributed by atoms with Gasteiger partial charge < -0.3 is 14.4 Å². The lowest BCUT2D eigenvalue weighted by Crippen LogP contribution is -2.59. The molecule has 1 amide bonds. The van der Waals surface area contributed by atoms with Gasteiger partial charge in [0.15, 0.2) is 0 Å². The Morgan fingerprint density at radius 1 is 1.11 bits per heavy atom. The number of morpholine rings is 1. The number of likely N-dealkylation sites (tertiary alicyclic amines) is 1. The Morgan fingerprint density at radius 3 is 2.69 bits per heavy atom. The number of carbonyl (C=O) groups is 1. The number of aromatic nitrogens is 2. The number of piperidine rings is 1. The van der Waals surface area contributed by atoms with Gasteiger partial charge in [-0.2, -0.15) is 0 Å². The van der Waals surface area contributed by atoms with Crippen LogP contribution < -0.4 is 4.74 Å². The molecule has 0 radical (unpaired) electrons. The fourth-order valence-corrected chi connectivity index (χ4v) is 5.23. The maximum atomic E-state index is 15.1. The van der Waals surface area contributed by atoms with Crippen molar-refractivity contribution in [1.29, 1.82) is 0 Å². The maximum absolute atomic E-state index is 15.1. The molecule has 1 aliphatic carbocycles. The summed E-state index contributed by atoms with van der Waals surface area (Å²) < 4.78 is 26.3. The zero-order valence-corrected chi connectivity index (χ0v) is 19.9. The van der Waals surface area contributed by atoms with Crippen molar-refractivity contribution in [3.8, 4) is 16.9 Å². The maximum Gasteiger partial charge on any atom is 0.248 e. The lowest BCUT2D eigenvalue weighted by molar-refractivity contribution is -0.172. The summed E-state index contributed by atoms with van der Waals surface area (Å²) in [7, 11) is 1.61. The van der Waals surface area contributed by atoms with Gasteiger partial charge in [-0.15, -0.1) is 0 Å².